The molecule has 0 spiro atoms. The zero-order valence-electron chi connectivity index (χ0n) is 6.46. The average Bonchev–Trinajstić information content (AvgIpc) is 2.06. The van der Waals surface area contributed by atoms with Gasteiger partial charge < -0.3 is 0 Å². The summed E-state index contributed by atoms with van der Waals surface area (Å²) in [5.74, 6) is 1.72. The monoisotopic (exact) mass is 169 g/mol. The summed E-state index contributed by atoms with van der Waals surface area (Å²) in [6, 6.07) is 2.21. The van der Waals surface area contributed by atoms with E-state index < -0.39 is 0 Å². The first-order chi connectivity index (χ1) is 5.38. The molecule has 2 heteroatoms. The third-order valence-corrected chi connectivity index (χ3v) is 2.66. The highest BCUT2D eigenvalue weighted by molar-refractivity contribution is 6.18. The quantitative estimate of drug-likeness (QED) is 0.461. The summed E-state index contributed by atoms with van der Waals surface area (Å²) in [5, 5.41) is 8.51. The van der Waals surface area contributed by atoms with Crippen LogP contribution >= 0.6 is 11.6 Å². The van der Waals surface area contributed by atoms with Crippen molar-refractivity contribution >= 4 is 11.6 Å². The van der Waals surface area contributed by atoms with E-state index in [1.54, 1.807) is 0 Å². The summed E-state index contributed by atoms with van der Waals surface area (Å²) in [7, 11) is 0. The van der Waals surface area contributed by atoms with Gasteiger partial charge in [0.25, 0.3) is 0 Å². The Morgan fingerprint density at radius 2 is 2.00 bits per heavy atom. The highest BCUT2D eigenvalue weighted by Gasteiger charge is 2.20. The second-order valence-electron chi connectivity index (χ2n) is 2.98. The Morgan fingerprint density at radius 1 is 1.36 bits per heavy atom. The summed E-state index contributed by atoms with van der Waals surface area (Å²) < 4.78 is 0. The number of hydrogen-bond acceptors (Lipinski definition) is 1. The lowest BCUT2D eigenvalue weighted by molar-refractivity contribution is 0.360. The summed E-state index contributed by atoms with van der Waals surface area (Å²) >= 11 is 5.77. The Kier molecular flexibility index (Phi) is 3.45. The molecule has 1 rings (SSSR count). The van der Waals surface area contributed by atoms with E-state index in [4.69, 9.17) is 16.9 Å². The summed E-state index contributed by atoms with van der Waals surface area (Å²) in [5.41, 5.74) is 0. The number of rotatable bonds is 2. The van der Waals surface area contributed by atoms with Gasteiger partial charge in [-0.2, -0.15) is 5.26 Å². The number of alkyl halides is 1. The lowest BCUT2D eigenvalue weighted by Crippen LogP contribution is -2.17. The molecule has 0 fully saturated rings. The number of halogens is 1. The van der Waals surface area contributed by atoms with Gasteiger partial charge >= 0.3 is 0 Å². The molecule has 0 N–H and O–H groups in total. The molecule has 0 aromatic rings. The van der Waals surface area contributed by atoms with Crippen LogP contribution in [0.4, 0.5) is 0 Å². The first-order valence-electron chi connectivity index (χ1n) is 3.96. The molecule has 0 aliphatic heterocycles. The predicted octanol–water partition coefficient (Wildman–Crippen LogP) is 2.72. The molecule has 0 bridgehead atoms. The fourth-order valence-corrected chi connectivity index (χ4v) is 1.86. The number of hydrogen-bond donors (Lipinski definition) is 0. The fraction of sp³-hybridized carbons (Fsp3) is 0.667. The van der Waals surface area contributed by atoms with Gasteiger partial charge in [0.15, 0.2) is 0 Å². The maximum Gasteiger partial charge on any atom is 0.0624 e. The van der Waals surface area contributed by atoms with Gasteiger partial charge in [-0.05, 0) is 24.7 Å². The predicted molar refractivity (Wildman–Crippen MR) is 46.3 cm³/mol. The largest absolute Gasteiger partial charge is 0.198 e. The van der Waals surface area contributed by atoms with Crippen molar-refractivity contribution in [3.8, 4) is 6.07 Å². The zero-order chi connectivity index (χ0) is 8.10. The molecule has 0 aromatic heterocycles. The minimum Gasteiger partial charge on any atom is -0.198 e. The van der Waals surface area contributed by atoms with Gasteiger partial charge in [0, 0.05) is 12.3 Å². The Labute approximate surface area is 72.7 Å². The van der Waals surface area contributed by atoms with Crippen LogP contribution in [0.3, 0.4) is 0 Å². The van der Waals surface area contributed by atoms with Crippen LogP contribution in [0.5, 0.6) is 0 Å². The van der Waals surface area contributed by atoms with Crippen LogP contribution in [0, 0.1) is 23.2 Å². The van der Waals surface area contributed by atoms with Gasteiger partial charge in [-0.3, -0.25) is 0 Å². The highest BCUT2D eigenvalue weighted by atomic mass is 35.5. The fourth-order valence-electron chi connectivity index (χ4n) is 1.48. The summed E-state index contributed by atoms with van der Waals surface area (Å²) in [4.78, 5) is 0. The Bertz CT molecular complexity index is 180. The second-order valence-corrected chi connectivity index (χ2v) is 3.29. The van der Waals surface area contributed by atoms with E-state index in [1.807, 2.05) is 0 Å². The molecule has 1 aliphatic carbocycles. The molecule has 0 unspecified atom stereocenters. The number of nitrogens with zero attached hydrogens (tertiary/aromatic N) is 1. The molecule has 0 saturated carbocycles. The summed E-state index contributed by atoms with van der Waals surface area (Å²) in [6.45, 7) is 0. The first kappa shape index (κ1) is 8.62. The molecule has 0 heterocycles. The van der Waals surface area contributed by atoms with Crippen LogP contribution in [0.15, 0.2) is 12.2 Å². The van der Waals surface area contributed by atoms with Crippen LogP contribution in [0.1, 0.15) is 19.3 Å². The first-order valence-corrected chi connectivity index (χ1v) is 4.50. The van der Waals surface area contributed by atoms with Gasteiger partial charge in [-0.15, -0.1) is 11.6 Å². The molecule has 0 aromatic carbocycles. The topological polar surface area (TPSA) is 23.8 Å². The van der Waals surface area contributed by atoms with E-state index in [1.165, 1.54) is 0 Å². The van der Waals surface area contributed by atoms with E-state index in [2.05, 4.69) is 18.2 Å². The van der Waals surface area contributed by atoms with Crippen molar-refractivity contribution in [3.63, 3.8) is 0 Å². The molecular weight excluding hydrogens is 158 g/mol. The van der Waals surface area contributed by atoms with Crippen LogP contribution < -0.4 is 0 Å². The van der Waals surface area contributed by atoms with Gasteiger partial charge in [0.1, 0.15) is 0 Å². The van der Waals surface area contributed by atoms with Crippen LogP contribution in [0.2, 0.25) is 0 Å². The van der Waals surface area contributed by atoms with Crippen molar-refractivity contribution in [1.29, 1.82) is 5.26 Å². The standard InChI is InChI=1S/C9H12ClN/c10-7-9-4-2-1-3-8(9)5-6-11/h1-2,8-9H,3-5,7H2/t8-,9-/m1/s1. The van der Waals surface area contributed by atoms with Gasteiger partial charge in [-0.1, -0.05) is 12.2 Å². The molecule has 2 atom stereocenters. The lowest BCUT2D eigenvalue weighted by Gasteiger charge is -2.24. The maximum absolute atomic E-state index is 8.51. The molecule has 1 aliphatic rings. The van der Waals surface area contributed by atoms with Gasteiger partial charge in [-0.25, -0.2) is 0 Å². The molecule has 0 radical (unpaired) electrons. The minimum atomic E-state index is 0.502. The second kappa shape index (κ2) is 4.41. The number of allylic oxidation sites excluding steroid dienone is 2. The third kappa shape index (κ3) is 2.24. The van der Waals surface area contributed by atoms with E-state index in [9.17, 15) is 0 Å². The van der Waals surface area contributed by atoms with E-state index in [0.29, 0.717) is 24.1 Å². The number of nitriles is 1. The highest BCUT2D eigenvalue weighted by Crippen LogP contribution is 2.28. The van der Waals surface area contributed by atoms with Crippen molar-refractivity contribution in [2.75, 3.05) is 5.88 Å². The van der Waals surface area contributed by atoms with Gasteiger partial charge in [0.05, 0.1) is 6.07 Å². The molecular formula is C9H12ClN. The van der Waals surface area contributed by atoms with Crippen LogP contribution in [-0.2, 0) is 0 Å². The maximum atomic E-state index is 8.51. The van der Waals surface area contributed by atoms with Crippen molar-refractivity contribution in [1.82, 2.24) is 0 Å². The Balaban J connectivity index is 2.48. The Hall–Kier alpha value is -0.480. The minimum absolute atomic E-state index is 0.502. The Morgan fingerprint density at radius 3 is 2.55 bits per heavy atom. The smallest absolute Gasteiger partial charge is 0.0624 e. The van der Waals surface area contributed by atoms with Crippen molar-refractivity contribution in [3.05, 3.63) is 12.2 Å². The van der Waals surface area contributed by atoms with E-state index >= 15 is 0 Å². The van der Waals surface area contributed by atoms with Gasteiger partial charge in [0.2, 0.25) is 0 Å². The summed E-state index contributed by atoms with van der Waals surface area (Å²) in [6.07, 6.45) is 7.06. The molecule has 60 valence electrons. The zero-order valence-corrected chi connectivity index (χ0v) is 7.22. The lowest BCUT2D eigenvalue weighted by atomic mass is 9.82. The molecule has 0 amide bonds. The van der Waals surface area contributed by atoms with Crippen LogP contribution in [-0.4, -0.2) is 5.88 Å². The van der Waals surface area contributed by atoms with Crippen molar-refractivity contribution in [2.24, 2.45) is 11.8 Å². The van der Waals surface area contributed by atoms with Crippen molar-refractivity contribution < 1.29 is 0 Å². The molecule has 11 heavy (non-hydrogen) atoms. The average molecular weight is 170 g/mol. The normalized spacial score (nSPS) is 29.8. The van der Waals surface area contributed by atoms with Crippen molar-refractivity contribution in [2.45, 2.75) is 19.3 Å². The van der Waals surface area contributed by atoms with E-state index in [0.717, 1.165) is 12.8 Å². The van der Waals surface area contributed by atoms with Crippen LogP contribution in [0.25, 0.3) is 0 Å². The third-order valence-electron chi connectivity index (χ3n) is 2.26. The van der Waals surface area contributed by atoms with E-state index in [-0.39, 0.29) is 0 Å². The SMILES string of the molecule is N#CC[C@H]1CC=CC[C@@H]1CCl. The molecule has 0 saturated heterocycles. The molecule has 1 nitrogen and oxygen atoms in total.